The Bertz CT molecular complexity index is 997. The van der Waals surface area contributed by atoms with Crippen molar-refractivity contribution in [2.24, 2.45) is 0 Å². The van der Waals surface area contributed by atoms with Crippen LogP contribution in [0.3, 0.4) is 0 Å². The Hall–Kier alpha value is -2.47. The number of hydrogen-bond donors (Lipinski definition) is 1. The minimum atomic E-state index is -3.62. The number of rotatable bonds is 4. The van der Waals surface area contributed by atoms with Crippen molar-refractivity contribution < 1.29 is 8.42 Å². The molecule has 0 aliphatic rings. The smallest absolute Gasteiger partial charge is 0.261 e. The average molecular weight is 341 g/mol. The van der Waals surface area contributed by atoms with Crippen molar-refractivity contribution >= 4 is 26.7 Å². The van der Waals surface area contributed by atoms with Gasteiger partial charge in [0, 0.05) is 0 Å². The van der Waals surface area contributed by atoms with E-state index in [4.69, 9.17) is 0 Å². The molecule has 2 aromatic carbocycles. The molecule has 0 aliphatic carbocycles. The third-order valence-corrected chi connectivity index (χ3v) is 5.37. The zero-order chi connectivity index (χ0) is 17.3. The van der Waals surface area contributed by atoms with E-state index in [1.807, 2.05) is 32.9 Å². The number of aryl methyl sites for hydroxylation is 3. The lowest BCUT2D eigenvalue weighted by molar-refractivity contribution is 0.601. The molecule has 3 aromatic rings. The SMILES string of the molecule is CCc1ccc(S(=O)(=O)Nc2ccc3nc(C)c(C)nc3c2)cc1. The lowest BCUT2D eigenvalue weighted by atomic mass is 10.2. The molecule has 1 aromatic heterocycles. The van der Waals surface area contributed by atoms with Gasteiger partial charge in [0.15, 0.2) is 0 Å². The average Bonchev–Trinajstić information content (AvgIpc) is 2.56. The Labute approximate surface area is 141 Å². The molecular weight excluding hydrogens is 322 g/mol. The molecule has 0 aliphatic heterocycles. The maximum atomic E-state index is 12.5. The van der Waals surface area contributed by atoms with Gasteiger partial charge in [0.05, 0.1) is 33.0 Å². The van der Waals surface area contributed by atoms with Crippen LogP contribution in [0.4, 0.5) is 5.69 Å². The summed E-state index contributed by atoms with van der Waals surface area (Å²) in [6, 6.07) is 12.1. The Morgan fingerprint density at radius 2 is 1.54 bits per heavy atom. The van der Waals surface area contributed by atoms with Gasteiger partial charge in [-0.15, -0.1) is 0 Å². The molecule has 0 saturated heterocycles. The molecule has 3 rings (SSSR count). The van der Waals surface area contributed by atoms with Crippen LogP contribution < -0.4 is 4.72 Å². The van der Waals surface area contributed by atoms with E-state index in [2.05, 4.69) is 14.7 Å². The molecule has 0 saturated carbocycles. The summed E-state index contributed by atoms with van der Waals surface area (Å²) in [6.45, 7) is 5.81. The molecule has 0 bridgehead atoms. The quantitative estimate of drug-likeness (QED) is 0.787. The number of anilines is 1. The summed E-state index contributed by atoms with van der Waals surface area (Å²) in [5.74, 6) is 0. The lowest BCUT2D eigenvalue weighted by Crippen LogP contribution is -2.13. The predicted molar refractivity (Wildman–Crippen MR) is 95.6 cm³/mol. The molecule has 124 valence electrons. The Kier molecular flexibility index (Phi) is 4.24. The van der Waals surface area contributed by atoms with Crippen molar-refractivity contribution in [2.45, 2.75) is 32.1 Å². The molecule has 6 heteroatoms. The molecule has 1 N–H and O–H groups in total. The molecule has 0 spiro atoms. The van der Waals surface area contributed by atoms with E-state index in [0.717, 1.165) is 28.9 Å². The normalized spacial score (nSPS) is 11.6. The maximum absolute atomic E-state index is 12.5. The van der Waals surface area contributed by atoms with Gasteiger partial charge >= 0.3 is 0 Å². The summed E-state index contributed by atoms with van der Waals surface area (Å²) < 4.78 is 27.6. The number of nitrogens with one attached hydrogen (secondary N) is 1. The molecule has 0 radical (unpaired) electrons. The Morgan fingerprint density at radius 1 is 0.917 bits per heavy atom. The third-order valence-electron chi connectivity index (χ3n) is 3.97. The fourth-order valence-electron chi connectivity index (χ4n) is 2.41. The second kappa shape index (κ2) is 6.20. The third kappa shape index (κ3) is 3.23. The second-order valence-corrected chi connectivity index (χ2v) is 7.38. The molecular formula is C18H19N3O2S. The highest BCUT2D eigenvalue weighted by Crippen LogP contribution is 2.21. The highest BCUT2D eigenvalue weighted by atomic mass is 32.2. The molecule has 1 heterocycles. The first kappa shape index (κ1) is 16.4. The van der Waals surface area contributed by atoms with Gasteiger partial charge < -0.3 is 0 Å². The van der Waals surface area contributed by atoms with Crippen LogP contribution in [-0.2, 0) is 16.4 Å². The predicted octanol–water partition coefficient (Wildman–Crippen LogP) is 3.61. The highest BCUT2D eigenvalue weighted by Gasteiger charge is 2.14. The van der Waals surface area contributed by atoms with Gasteiger partial charge in [-0.25, -0.2) is 18.4 Å². The van der Waals surface area contributed by atoms with Gasteiger partial charge in [0.1, 0.15) is 0 Å². The Balaban J connectivity index is 1.94. The molecule has 0 unspecified atom stereocenters. The number of fused-ring (bicyclic) bond motifs is 1. The van der Waals surface area contributed by atoms with Crippen LogP contribution >= 0.6 is 0 Å². The van der Waals surface area contributed by atoms with Gasteiger partial charge in [-0.2, -0.15) is 0 Å². The van der Waals surface area contributed by atoms with Crippen LogP contribution in [0.5, 0.6) is 0 Å². The number of benzene rings is 2. The zero-order valence-electron chi connectivity index (χ0n) is 13.9. The summed E-state index contributed by atoms with van der Waals surface area (Å²) in [7, 11) is -3.62. The van der Waals surface area contributed by atoms with Crippen molar-refractivity contribution in [3.63, 3.8) is 0 Å². The summed E-state index contributed by atoms with van der Waals surface area (Å²) in [5.41, 5.74) is 4.68. The van der Waals surface area contributed by atoms with Gasteiger partial charge in [-0.05, 0) is 56.2 Å². The van der Waals surface area contributed by atoms with Crippen LogP contribution in [0.15, 0.2) is 47.4 Å². The van der Waals surface area contributed by atoms with Crippen LogP contribution in [-0.4, -0.2) is 18.4 Å². The van der Waals surface area contributed by atoms with E-state index >= 15 is 0 Å². The first-order valence-corrected chi connectivity index (χ1v) is 9.24. The van der Waals surface area contributed by atoms with E-state index in [-0.39, 0.29) is 4.90 Å². The minimum Gasteiger partial charge on any atom is -0.280 e. The topological polar surface area (TPSA) is 72.0 Å². The largest absolute Gasteiger partial charge is 0.280 e. The molecule has 0 atom stereocenters. The summed E-state index contributed by atoms with van der Waals surface area (Å²) in [4.78, 5) is 9.16. The summed E-state index contributed by atoms with van der Waals surface area (Å²) >= 11 is 0. The second-order valence-electron chi connectivity index (χ2n) is 5.70. The van der Waals surface area contributed by atoms with E-state index < -0.39 is 10.0 Å². The standard InChI is InChI=1S/C18H19N3O2S/c1-4-14-5-8-16(9-6-14)24(22,23)21-15-7-10-17-18(11-15)20-13(3)12(2)19-17/h5-11,21H,4H2,1-3H3. The lowest BCUT2D eigenvalue weighted by Gasteiger charge is -2.10. The number of sulfonamides is 1. The maximum Gasteiger partial charge on any atom is 0.261 e. The van der Waals surface area contributed by atoms with Crippen molar-refractivity contribution in [2.75, 3.05) is 4.72 Å². The molecule has 24 heavy (non-hydrogen) atoms. The van der Waals surface area contributed by atoms with Crippen molar-refractivity contribution in [3.05, 3.63) is 59.4 Å². The van der Waals surface area contributed by atoms with Crippen molar-refractivity contribution in [3.8, 4) is 0 Å². The summed E-state index contributed by atoms with van der Waals surface area (Å²) in [6.07, 6.45) is 0.871. The van der Waals surface area contributed by atoms with Gasteiger partial charge in [-0.1, -0.05) is 19.1 Å². The summed E-state index contributed by atoms with van der Waals surface area (Å²) in [5, 5.41) is 0. The first-order valence-electron chi connectivity index (χ1n) is 7.76. The van der Waals surface area contributed by atoms with Crippen molar-refractivity contribution in [1.82, 2.24) is 9.97 Å². The highest BCUT2D eigenvalue weighted by molar-refractivity contribution is 7.92. The number of nitrogens with zero attached hydrogens (tertiary/aromatic N) is 2. The monoisotopic (exact) mass is 341 g/mol. The van der Waals surface area contributed by atoms with Crippen LogP contribution in [0.1, 0.15) is 23.9 Å². The van der Waals surface area contributed by atoms with E-state index in [1.54, 1.807) is 30.3 Å². The fourth-order valence-corrected chi connectivity index (χ4v) is 3.46. The van der Waals surface area contributed by atoms with Crippen LogP contribution in [0.2, 0.25) is 0 Å². The fraction of sp³-hybridized carbons (Fsp3) is 0.222. The van der Waals surface area contributed by atoms with E-state index in [0.29, 0.717) is 11.2 Å². The van der Waals surface area contributed by atoms with Gasteiger partial charge in [0.25, 0.3) is 10.0 Å². The van der Waals surface area contributed by atoms with E-state index in [9.17, 15) is 8.42 Å². The Morgan fingerprint density at radius 3 is 2.17 bits per heavy atom. The zero-order valence-corrected chi connectivity index (χ0v) is 14.7. The van der Waals surface area contributed by atoms with Crippen LogP contribution in [0, 0.1) is 13.8 Å². The van der Waals surface area contributed by atoms with Crippen molar-refractivity contribution in [1.29, 1.82) is 0 Å². The number of hydrogen-bond acceptors (Lipinski definition) is 4. The first-order chi connectivity index (χ1) is 11.4. The van der Waals surface area contributed by atoms with Gasteiger partial charge in [0.2, 0.25) is 0 Å². The van der Waals surface area contributed by atoms with Crippen LogP contribution in [0.25, 0.3) is 11.0 Å². The van der Waals surface area contributed by atoms with E-state index in [1.165, 1.54) is 0 Å². The molecule has 5 nitrogen and oxygen atoms in total. The molecule has 0 fully saturated rings. The number of aromatic nitrogens is 2. The molecule has 0 amide bonds. The minimum absolute atomic E-state index is 0.242. The van der Waals surface area contributed by atoms with Gasteiger partial charge in [-0.3, -0.25) is 4.72 Å².